The highest BCUT2D eigenvalue weighted by atomic mass is 32.1. The highest BCUT2D eigenvalue weighted by Crippen LogP contribution is 2.37. The summed E-state index contributed by atoms with van der Waals surface area (Å²) in [4.78, 5) is 1.37. The third kappa shape index (κ3) is 3.77. The first-order chi connectivity index (χ1) is 15.2. The normalized spacial score (nSPS) is 11.2. The van der Waals surface area contributed by atoms with Gasteiger partial charge in [0.1, 0.15) is 11.9 Å². The largest absolute Gasteiger partial charge is 0.222 e. The molecule has 0 aliphatic carbocycles. The van der Waals surface area contributed by atoms with Gasteiger partial charge in [0.2, 0.25) is 11.4 Å². The van der Waals surface area contributed by atoms with Crippen molar-refractivity contribution >= 4 is 21.4 Å². The first-order valence-electron chi connectivity index (χ1n) is 10.7. The van der Waals surface area contributed by atoms with E-state index < -0.39 is 0 Å². The molecule has 0 N–H and O–H groups in total. The summed E-state index contributed by atoms with van der Waals surface area (Å²) in [6.07, 6.45) is 5.33. The van der Waals surface area contributed by atoms with Crippen LogP contribution in [0.2, 0.25) is 0 Å². The van der Waals surface area contributed by atoms with Crippen molar-refractivity contribution < 1.29 is 9.13 Å². The number of nitrogens with zero attached hydrogens (tertiary/aromatic N) is 2. The molecule has 0 saturated heterocycles. The molecule has 0 aliphatic heterocycles. The Balaban J connectivity index is 1.57. The van der Waals surface area contributed by atoms with Crippen LogP contribution in [-0.2, 0) is 20.0 Å². The van der Waals surface area contributed by atoms with Crippen LogP contribution >= 0.6 is 11.3 Å². The molecule has 31 heavy (non-hydrogen) atoms. The second kappa shape index (κ2) is 8.44. The van der Waals surface area contributed by atoms with Crippen LogP contribution in [0, 0.1) is 6.92 Å². The smallest absolute Gasteiger partial charge is 0.200 e. The number of hydrogen-bond acceptors (Lipinski definition) is 1. The van der Waals surface area contributed by atoms with Crippen LogP contribution in [0.25, 0.3) is 31.9 Å². The van der Waals surface area contributed by atoms with Gasteiger partial charge < -0.3 is 0 Å². The predicted molar refractivity (Wildman–Crippen MR) is 129 cm³/mol. The summed E-state index contributed by atoms with van der Waals surface area (Å²) in [5, 5.41) is 1.38. The fraction of sp³-hybridized carbons (Fsp3) is 0.143. The average molecular weight is 423 g/mol. The molecule has 2 nitrogen and oxygen atoms in total. The molecule has 152 valence electrons. The zero-order valence-corrected chi connectivity index (χ0v) is 18.8. The van der Waals surface area contributed by atoms with Gasteiger partial charge in [-0.15, -0.1) is 11.3 Å². The van der Waals surface area contributed by atoms with Crippen molar-refractivity contribution in [3.8, 4) is 21.8 Å². The van der Waals surface area contributed by atoms with E-state index in [2.05, 4.69) is 120 Å². The molecule has 0 aliphatic rings. The number of rotatable bonds is 5. The lowest BCUT2D eigenvalue weighted by atomic mass is 10.0. The Morgan fingerprint density at radius 1 is 0.742 bits per heavy atom. The van der Waals surface area contributed by atoms with Crippen LogP contribution in [0.4, 0.5) is 0 Å². The van der Waals surface area contributed by atoms with Gasteiger partial charge in [-0.3, -0.25) is 0 Å². The van der Waals surface area contributed by atoms with Crippen molar-refractivity contribution in [2.45, 2.75) is 19.9 Å². The summed E-state index contributed by atoms with van der Waals surface area (Å²) in [6.45, 7) is 3.13. The van der Waals surface area contributed by atoms with E-state index in [0.29, 0.717) is 0 Å². The van der Waals surface area contributed by atoms with Gasteiger partial charge in [0, 0.05) is 40.9 Å². The van der Waals surface area contributed by atoms with E-state index in [0.717, 1.165) is 13.0 Å². The SMILES string of the molecule is Cc1ccccc1-c1cccc[n+]1CCc1c(-c2cccc[n+]2C)sc2ccccc12. The quantitative estimate of drug-likeness (QED) is 0.312. The van der Waals surface area contributed by atoms with Crippen molar-refractivity contribution in [1.82, 2.24) is 0 Å². The first-order valence-corrected chi connectivity index (χ1v) is 11.5. The van der Waals surface area contributed by atoms with E-state index in [1.165, 1.54) is 43.0 Å². The molecule has 0 atom stereocenters. The second-order valence-electron chi connectivity index (χ2n) is 7.95. The summed E-state index contributed by atoms with van der Waals surface area (Å²) in [5.41, 5.74) is 6.59. The minimum atomic E-state index is 0.939. The highest BCUT2D eigenvalue weighted by Gasteiger charge is 2.21. The summed E-state index contributed by atoms with van der Waals surface area (Å²) < 4.78 is 5.97. The fourth-order valence-corrected chi connectivity index (χ4v) is 5.64. The third-order valence-electron chi connectivity index (χ3n) is 5.95. The Morgan fingerprint density at radius 2 is 1.45 bits per heavy atom. The minimum Gasteiger partial charge on any atom is -0.200 e. The van der Waals surface area contributed by atoms with E-state index >= 15 is 0 Å². The Labute approximate surface area is 187 Å². The molecule has 0 spiro atoms. The minimum absolute atomic E-state index is 0.939. The number of hydrogen-bond donors (Lipinski definition) is 0. The number of pyridine rings is 2. The van der Waals surface area contributed by atoms with Gasteiger partial charge in [0.05, 0.1) is 0 Å². The van der Waals surface area contributed by atoms with Crippen molar-refractivity contribution in [1.29, 1.82) is 0 Å². The Bertz CT molecular complexity index is 1370. The zero-order valence-electron chi connectivity index (χ0n) is 18.0. The van der Waals surface area contributed by atoms with E-state index in [1.54, 1.807) is 0 Å². The first kappa shape index (κ1) is 19.7. The summed E-state index contributed by atoms with van der Waals surface area (Å²) in [6, 6.07) is 30.4. The molecule has 3 heterocycles. The Kier molecular flexibility index (Phi) is 5.35. The van der Waals surface area contributed by atoms with Crippen molar-refractivity contribution in [3.63, 3.8) is 0 Å². The molecule has 0 saturated carbocycles. The second-order valence-corrected chi connectivity index (χ2v) is 9.00. The van der Waals surface area contributed by atoms with Crippen LogP contribution in [0.1, 0.15) is 11.1 Å². The van der Waals surface area contributed by atoms with Crippen LogP contribution in [0.15, 0.2) is 97.3 Å². The molecular weight excluding hydrogens is 396 g/mol. The Morgan fingerprint density at radius 3 is 2.29 bits per heavy atom. The molecular formula is C28H26N2S+2. The summed E-state index contributed by atoms with van der Waals surface area (Å²) in [5.74, 6) is 0. The maximum Gasteiger partial charge on any atom is 0.222 e. The molecule has 0 fully saturated rings. The number of benzene rings is 2. The topological polar surface area (TPSA) is 7.76 Å². The van der Waals surface area contributed by atoms with Crippen molar-refractivity contribution in [2.24, 2.45) is 7.05 Å². The lowest BCUT2D eigenvalue weighted by Crippen LogP contribution is -2.37. The maximum atomic E-state index is 2.39. The third-order valence-corrected chi connectivity index (χ3v) is 7.19. The lowest BCUT2D eigenvalue weighted by molar-refractivity contribution is -0.685. The van der Waals surface area contributed by atoms with Gasteiger partial charge in [-0.1, -0.05) is 36.4 Å². The molecule has 5 aromatic rings. The standard InChI is InChI=1S/C28H26N2S/c1-21-11-3-4-12-22(21)25-14-8-10-19-30(25)20-17-24-23-13-5-6-16-27(23)31-28(24)26-15-7-9-18-29(26)2/h3-16,18-19H,17,20H2,1-2H3/q+2. The molecule has 0 unspecified atom stereocenters. The molecule has 0 amide bonds. The maximum absolute atomic E-state index is 2.39. The van der Waals surface area contributed by atoms with Crippen LogP contribution in [-0.4, -0.2) is 0 Å². The summed E-state index contributed by atoms with van der Waals surface area (Å²) >= 11 is 1.90. The zero-order chi connectivity index (χ0) is 21.2. The predicted octanol–water partition coefficient (Wildman–Crippen LogP) is 5.90. The molecule has 2 aromatic carbocycles. The van der Waals surface area contributed by atoms with Crippen LogP contribution in [0.3, 0.4) is 0 Å². The molecule has 3 heteroatoms. The van der Waals surface area contributed by atoms with Crippen molar-refractivity contribution in [2.75, 3.05) is 0 Å². The number of fused-ring (bicyclic) bond motifs is 1. The molecule has 5 rings (SSSR count). The molecule has 0 bridgehead atoms. The number of thiophene rings is 1. The number of aromatic nitrogens is 2. The fourth-order valence-electron chi connectivity index (χ4n) is 4.32. The Hall–Kier alpha value is -3.30. The van der Waals surface area contributed by atoms with Gasteiger partial charge in [0.15, 0.2) is 18.9 Å². The van der Waals surface area contributed by atoms with Gasteiger partial charge in [-0.05, 0) is 47.7 Å². The lowest BCUT2D eigenvalue weighted by Gasteiger charge is -2.07. The van der Waals surface area contributed by atoms with Gasteiger partial charge in [-0.2, -0.15) is 4.57 Å². The monoisotopic (exact) mass is 422 g/mol. The van der Waals surface area contributed by atoms with E-state index in [4.69, 9.17) is 0 Å². The van der Waals surface area contributed by atoms with Gasteiger partial charge >= 0.3 is 0 Å². The van der Waals surface area contributed by atoms with Crippen LogP contribution in [0.5, 0.6) is 0 Å². The van der Waals surface area contributed by atoms with E-state index in [-0.39, 0.29) is 0 Å². The van der Waals surface area contributed by atoms with Gasteiger partial charge in [-0.25, -0.2) is 4.57 Å². The average Bonchev–Trinajstić information content (AvgIpc) is 3.17. The van der Waals surface area contributed by atoms with Gasteiger partial charge in [0.25, 0.3) is 0 Å². The molecule has 3 aromatic heterocycles. The summed E-state index contributed by atoms with van der Waals surface area (Å²) in [7, 11) is 2.13. The highest BCUT2D eigenvalue weighted by molar-refractivity contribution is 7.22. The molecule has 0 radical (unpaired) electrons. The van der Waals surface area contributed by atoms with E-state index in [9.17, 15) is 0 Å². The van der Waals surface area contributed by atoms with Crippen LogP contribution < -0.4 is 9.13 Å². The van der Waals surface area contributed by atoms with E-state index in [1.807, 2.05) is 11.3 Å². The number of aryl methyl sites for hydroxylation is 4. The van der Waals surface area contributed by atoms with Crippen molar-refractivity contribution in [3.05, 3.63) is 108 Å².